The molecule has 5 nitrogen and oxygen atoms in total. The summed E-state index contributed by atoms with van der Waals surface area (Å²) in [6.07, 6.45) is 0. The summed E-state index contributed by atoms with van der Waals surface area (Å²) in [7, 11) is -3.94. The van der Waals surface area contributed by atoms with Crippen molar-refractivity contribution >= 4 is 27.3 Å². The Morgan fingerprint density at radius 1 is 0.955 bits per heavy atom. The molecule has 2 N–H and O–H groups in total. The molecule has 0 saturated heterocycles. The topological polar surface area (TPSA) is 75.3 Å². The van der Waals surface area contributed by atoms with Gasteiger partial charge in [-0.3, -0.25) is 9.52 Å². The first-order valence-electron chi connectivity index (χ1n) is 6.13. The van der Waals surface area contributed by atoms with Gasteiger partial charge < -0.3 is 5.32 Å². The Balaban J connectivity index is 2.22. The van der Waals surface area contributed by atoms with Gasteiger partial charge in [0.2, 0.25) is 5.91 Å². The van der Waals surface area contributed by atoms with E-state index in [0.29, 0.717) is 5.69 Å². The molecular weight excluding hydrogens is 314 g/mol. The molecule has 8 heteroatoms. The van der Waals surface area contributed by atoms with Crippen LogP contribution in [-0.2, 0) is 14.8 Å². The summed E-state index contributed by atoms with van der Waals surface area (Å²) in [5.74, 6) is -2.50. The summed E-state index contributed by atoms with van der Waals surface area (Å²) >= 11 is 0. The number of halogens is 2. The van der Waals surface area contributed by atoms with Gasteiger partial charge in [0, 0.05) is 18.7 Å². The Morgan fingerprint density at radius 2 is 1.55 bits per heavy atom. The SMILES string of the molecule is CC(=O)Nc1ccc(S(=O)(=O)Nc2ccc(F)c(F)c2)cc1. The quantitative estimate of drug-likeness (QED) is 0.907. The van der Waals surface area contributed by atoms with Gasteiger partial charge in [-0.2, -0.15) is 0 Å². The molecule has 0 atom stereocenters. The molecule has 0 unspecified atom stereocenters. The molecule has 0 aliphatic rings. The van der Waals surface area contributed by atoms with E-state index in [0.717, 1.165) is 18.2 Å². The first kappa shape index (κ1) is 15.9. The third-order valence-corrected chi connectivity index (χ3v) is 4.05. The molecule has 0 fully saturated rings. The number of nitrogens with one attached hydrogen (secondary N) is 2. The average molecular weight is 326 g/mol. The second-order valence-electron chi connectivity index (χ2n) is 4.44. The fourth-order valence-corrected chi connectivity index (χ4v) is 2.74. The zero-order valence-electron chi connectivity index (χ0n) is 11.4. The average Bonchev–Trinajstić information content (AvgIpc) is 2.42. The van der Waals surface area contributed by atoms with E-state index in [2.05, 4.69) is 10.0 Å². The second kappa shape index (κ2) is 6.10. The van der Waals surface area contributed by atoms with E-state index in [1.165, 1.54) is 31.2 Å². The minimum absolute atomic E-state index is 0.0775. The van der Waals surface area contributed by atoms with Crippen molar-refractivity contribution in [2.75, 3.05) is 10.0 Å². The lowest BCUT2D eigenvalue weighted by molar-refractivity contribution is -0.114. The van der Waals surface area contributed by atoms with E-state index in [-0.39, 0.29) is 16.5 Å². The van der Waals surface area contributed by atoms with Crippen LogP contribution in [-0.4, -0.2) is 14.3 Å². The van der Waals surface area contributed by atoms with E-state index in [1.54, 1.807) is 0 Å². The van der Waals surface area contributed by atoms with Crippen LogP contribution < -0.4 is 10.0 Å². The summed E-state index contributed by atoms with van der Waals surface area (Å²) in [6.45, 7) is 1.33. The highest BCUT2D eigenvalue weighted by molar-refractivity contribution is 7.92. The van der Waals surface area contributed by atoms with Crippen LogP contribution in [0.25, 0.3) is 0 Å². The van der Waals surface area contributed by atoms with Crippen LogP contribution in [0.4, 0.5) is 20.2 Å². The number of hydrogen-bond donors (Lipinski definition) is 2. The number of anilines is 2. The van der Waals surface area contributed by atoms with Gasteiger partial charge in [-0.1, -0.05) is 0 Å². The monoisotopic (exact) mass is 326 g/mol. The molecule has 2 rings (SSSR count). The number of carbonyl (C=O) groups excluding carboxylic acids is 1. The first-order chi connectivity index (χ1) is 10.3. The lowest BCUT2D eigenvalue weighted by Crippen LogP contribution is -2.13. The smallest absolute Gasteiger partial charge is 0.261 e. The zero-order chi connectivity index (χ0) is 16.3. The van der Waals surface area contributed by atoms with E-state index in [1.807, 2.05) is 0 Å². The van der Waals surface area contributed by atoms with Gasteiger partial charge in [-0.25, -0.2) is 17.2 Å². The van der Waals surface area contributed by atoms with Crippen LogP contribution in [0, 0.1) is 11.6 Å². The van der Waals surface area contributed by atoms with Gasteiger partial charge >= 0.3 is 0 Å². The van der Waals surface area contributed by atoms with Gasteiger partial charge in [-0.15, -0.1) is 0 Å². The van der Waals surface area contributed by atoms with Crippen molar-refractivity contribution in [3.8, 4) is 0 Å². The Labute approximate surface area is 126 Å². The van der Waals surface area contributed by atoms with Crippen LogP contribution in [0.2, 0.25) is 0 Å². The molecule has 1 amide bonds. The molecule has 0 radical (unpaired) electrons. The van der Waals surface area contributed by atoms with Crippen LogP contribution >= 0.6 is 0 Å². The highest BCUT2D eigenvalue weighted by atomic mass is 32.2. The first-order valence-corrected chi connectivity index (χ1v) is 7.62. The highest BCUT2D eigenvalue weighted by Crippen LogP contribution is 2.19. The van der Waals surface area contributed by atoms with Crippen LogP contribution in [0.5, 0.6) is 0 Å². The molecule has 2 aromatic carbocycles. The van der Waals surface area contributed by atoms with E-state index < -0.39 is 21.7 Å². The maximum Gasteiger partial charge on any atom is 0.261 e. The van der Waals surface area contributed by atoms with Crippen molar-refractivity contribution in [1.29, 1.82) is 0 Å². The lowest BCUT2D eigenvalue weighted by Gasteiger charge is -2.09. The van der Waals surface area contributed by atoms with Crippen molar-refractivity contribution in [3.05, 3.63) is 54.1 Å². The van der Waals surface area contributed by atoms with Crippen molar-refractivity contribution in [1.82, 2.24) is 0 Å². The Hall–Kier alpha value is -2.48. The van der Waals surface area contributed by atoms with Gasteiger partial charge in [-0.05, 0) is 36.4 Å². The standard InChI is InChI=1S/C14H12F2N2O3S/c1-9(19)17-10-2-5-12(6-3-10)22(20,21)18-11-4-7-13(15)14(16)8-11/h2-8,18H,1H3,(H,17,19). The maximum atomic E-state index is 13.1. The fraction of sp³-hybridized carbons (Fsp3) is 0.0714. The second-order valence-corrected chi connectivity index (χ2v) is 6.12. The molecule has 0 aliphatic carbocycles. The Kier molecular flexibility index (Phi) is 4.41. The van der Waals surface area contributed by atoms with Crippen molar-refractivity contribution < 1.29 is 22.0 Å². The van der Waals surface area contributed by atoms with Gasteiger partial charge in [0.15, 0.2) is 11.6 Å². The van der Waals surface area contributed by atoms with Crippen LogP contribution in [0.15, 0.2) is 47.4 Å². The summed E-state index contributed by atoms with van der Waals surface area (Å²) in [6, 6.07) is 8.09. The molecule has 0 aliphatic heterocycles. The molecule has 0 bridgehead atoms. The summed E-state index contributed by atoms with van der Waals surface area (Å²) < 4.78 is 52.3. The Morgan fingerprint density at radius 3 is 2.09 bits per heavy atom. The van der Waals surface area contributed by atoms with Gasteiger partial charge in [0.1, 0.15) is 0 Å². The molecule has 22 heavy (non-hydrogen) atoms. The maximum absolute atomic E-state index is 13.1. The molecule has 116 valence electrons. The van der Waals surface area contributed by atoms with Gasteiger partial charge in [0.05, 0.1) is 10.6 Å². The van der Waals surface area contributed by atoms with E-state index in [9.17, 15) is 22.0 Å². The van der Waals surface area contributed by atoms with E-state index in [4.69, 9.17) is 0 Å². The number of rotatable bonds is 4. The molecule has 0 aromatic heterocycles. The molecular formula is C14H12F2N2O3S. The molecule has 0 saturated carbocycles. The predicted octanol–water partition coefficient (Wildman–Crippen LogP) is 2.72. The van der Waals surface area contributed by atoms with Gasteiger partial charge in [0.25, 0.3) is 10.0 Å². The minimum Gasteiger partial charge on any atom is -0.326 e. The number of carbonyl (C=O) groups is 1. The number of amides is 1. The Bertz CT molecular complexity index is 805. The fourth-order valence-electron chi connectivity index (χ4n) is 1.69. The third-order valence-electron chi connectivity index (χ3n) is 2.66. The summed E-state index contributed by atoms with van der Waals surface area (Å²) in [5.41, 5.74) is 0.351. The van der Waals surface area contributed by atoms with Crippen LogP contribution in [0.3, 0.4) is 0 Å². The van der Waals surface area contributed by atoms with Crippen molar-refractivity contribution in [2.45, 2.75) is 11.8 Å². The van der Waals surface area contributed by atoms with Crippen molar-refractivity contribution in [3.63, 3.8) is 0 Å². The number of benzene rings is 2. The zero-order valence-corrected chi connectivity index (χ0v) is 12.2. The molecule has 2 aromatic rings. The normalized spacial score (nSPS) is 11.0. The summed E-state index contributed by atoms with van der Waals surface area (Å²) in [5, 5.41) is 2.50. The van der Waals surface area contributed by atoms with Crippen molar-refractivity contribution in [2.24, 2.45) is 0 Å². The third kappa shape index (κ3) is 3.79. The number of hydrogen-bond acceptors (Lipinski definition) is 3. The van der Waals surface area contributed by atoms with Crippen LogP contribution in [0.1, 0.15) is 6.92 Å². The number of sulfonamides is 1. The highest BCUT2D eigenvalue weighted by Gasteiger charge is 2.15. The van der Waals surface area contributed by atoms with E-state index >= 15 is 0 Å². The summed E-state index contributed by atoms with van der Waals surface area (Å²) in [4.78, 5) is 10.8. The lowest BCUT2D eigenvalue weighted by atomic mass is 10.3. The minimum atomic E-state index is -3.94. The molecule has 0 heterocycles. The largest absolute Gasteiger partial charge is 0.326 e. The predicted molar refractivity (Wildman–Crippen MR) is 77.9 cm³/mol. The molecule has 0 spiro atoms.